The minimum atomic E-state index is -4.22. The third kappa shape index (κ3) is 5.80. The van der Waals surface area contributed by atoms with Crippen LogP contribution < -0.4 is 5.32 Å². The molecule has 0 bridgehead atoms. The molecule has 31 heavy (non-hydrogen) atoms. The molecule has 0 atom stereocenters. The fraction of sp³-hybridized carbons (Fsp3) is 0.0952. The first-order valence-corrected chi connectivity index (χ1v) is 11.1. The van der Waals surface area contributed by atoms with Crippen molar-refractivity contribution in [3.8, 4) is 0 Å². The largest absolute Gasteiger partial charge is 0.325 e. The monoisotopic (exact) mass is 484 g/mol. The molecular weight excluding hydrogens is 469 g/mol. The van der Waals surface area contributed by atoms with Crippen molar-refractivity contribution in [1.82, 2.24) is 4.31 Å². The number of halogens is 4. The topological polar surface area (TPSA) is 66.5 Å². The highest BCUT2D eigenvalue weighted by atomic mass is 35.5. The molecular formula is C21H16Cl2F2N2O3S. The first-order chi connectivity index (χ1) is 14.7. The second-order valence-electron chi connectivity index (χ2n) is 6.48. The molecule has 0 fully saturated rings. The van der Waals surface area contributed by atoms with Crippen LogP contribution in [0.4, 0.5) is 14.5 Å². The molecule has 5 nitrogen and oxygen atoms in total. The van der Waals surface area contributed by atoms with Gasteiger partial charge < -0.3 is 5.32 Å². The van der Waals surface area contributed by atoms with Crippen LogP contribution >= 0.6 is 23.2 Å². The summed E-state index contributed by atoms with van der Waals surface area (Å²) in [6.45, 7) is -1.11. The highest BCUT2D eigenvalue weighted by molar-refractivity contribution is 7.89. The van der Waals surface area contributed by atoms with Gasteiger partial charge in [0, 0.05) is 27.8 Å². The molecule has 0 saturated carbocycles. The third-order valence-electron chi connectivity index (χ3n) is 4.30. The number of carbonyl (C=O) groups is 1. The summed E-state index contributed by atoms with van der Waals surface area (Å²) < 4.78 is 54.6. The van der Waals surface area contributed by atoms with E-state index in [1.807, 2.05) is 0 Å². The van der Waals surface area contributed by atoms with Gasteiger partial charge in [0.1, 0.15) is 11.6 Å². The summed E-state index contributed by atoms with van der Waals surface area (Å²) in [5, 5.41) is 2.84. The van der Waals surface area contributed by atoms with Gasteiger partial charge in [-0.05, 0) is 60.7 Å². The number of sulfonamides is 1. The zero-order chi connectivity index (χ0) is 22.6. The van der Waals surface area contributed by atoms with Crippen LogP contribution in [0.5, 0.6) is 0 Å². The predicted octanol–water partition coefficient (Wildman–Crippen LogP) is 5.10. The lowest BCUT2D eigenvalue weighted by Crippen LogP contribution is -2.37. The molecule has 0 saturated heterocycles. The van der Waals surface area contributed by atoms with Crippen molar-refractivity contribution in [2.45, 2.75) is 11.4 Å². The Morgan fingerprint density at radius 1 is 0.935 bits per heavy atom. The van der Waals surface area contributed by atoms with Gasteiger partial charge >= 0.3 is 0 Å². The quantitative estimate of drug-likeness (QED) is 0.507. The van der Waals surface area contributed by atoms with E-state index in [1.54, 1.807) is 0 Å². The van der Waals surface area contributed by atoms with Gasteiger partial charge in [-0.3, -0.25) is 4.79 Å². The van der Waals surface area contributed by atoms with Gasteiger partial charge in [-0.1, -0.05) is 29.3 Å². The number of amides is 1. The molecule has 0 aromatic heterocycles. The average Bonchev–Trinajstić information content (AvgIpc) is 2.72. The van der Waals surface area contributed by atoms with E-state index in [4.69, 9.17) is 23.2 Å². The number of anilines is 1. The Bertz CT molecular complexity index is 1170. The molecule has 0 spiro atoms. The van der Waals surface area contributed by atoms with Crippen molar-refractivity contribution in [1.29, 1.82) is 0 Å². The van der Waals surface area contributed by atoms with E-state index in [1.165, 1.54) is 48.5 Å². The minimum Gasteiger partial charge on any atom is -0.325 e. The van der Waals surface area contributed by atoms with E-state index >= 15 is 0 Å². The maximum absolute atomic E-state index is 14.3. The molecule has 0 heterocycles. The van der Waals surface area contributed by atoms with Crippen molar-refractivity contribution in [3.05, 3.63) is 94.0 Å². The van der Waals surface area contributed by atoms with Gasteiger partial charge in [0.25, 0.3) is 0 Å². The van der Waals surface area contributed by atoms with Gasteiger partial charge in [-0.15, -0.1) is 0 Å². The summed E-state index contributed by atoms with van der Waals surface area (Å²) in [6.07, 6.45) is 0. The second kappa shape index (κ2) is 9.74. The molecule has 0 aliphatic rings. The van der Waals surface area contributed by atoms with Crippen LogP contribution in [0.15, 0.2) is 71.6 Å². The summed E-state index contributed by atoms with van der Waals surface area (Å²) in [5.74, 6) is -1.89. The van der Waals surface area contributed by atoms with Crippen molar-refractivity contribution in [2.75, 3.05) is 11.9 Å². The van der Waals surface area contributed by atoms with Crippen LogP contribution in [0.3, 0.4) is 0 Å². The van der Waals surface area contributed by atoms with Gasteiger partial charge in [-0.2, -0.15) is 4.31 Å². The Hall–Kier alpha value is -2.52. The van der Waals surface area contributed by atoms with Crippen molar-refractivity contribution >= 4 is 44.8 Å². The van der Waals surface area contributed by atoms with Crippen LogP contribution in [-0.4, -0.2) is 25.2 Å². The number of carbonyl (C=O) groups excluding carboxylic acids is 1. The summed E-state index contributed by atoms with van der Waals surface area (Å²) in [7, 11) is -4.22. The zero-order valence-corrected chi connectivity index (χ0v) is 18.2. The summed E-state index contributed by atoms with van der Waals surface area (Å²) in [5.41, 5.74) is 0.204. The lowest BCUT2D eigenvalue weighted by atomic mass is 10.2. The number of hydrogen-bond donors (Lipinski definition) is 1. The molecule has 1 N–H and O–H groups in total. The van der Waals surface area contributed by atoms with E-state index in [0.29, 0.717) is 5.02 Å². The maximum Gasteiger partial charge on any atom is 0.243 e. The Labute approximate surface area is 188 Å². The molecule has 0 radical (unpaired) electrons. The Balaban J connectivity index is 1.92. The molecule has 0 aliphatic heterocycles. The van der Waals surface area contributed by atoms with Crippen molar-refractivity contribution < 1.29 is 22.0 Å². The highest BCUT2D eigenvalue weighted by Gasteiger charge is 2.28. The van der Waals surface area contributed by atoms with E-state index in [-0.39, 0.29) is 21.2 Å². The molecule has 3 rings (SSSR count). The Kier molecular flexibility index (Phi) is 7.27. The van der Waals surface area contributed by atoms with Gasteiger partial charge in [0.05, 0.1) is 11.4 Å². The lowest BCUT2D eigenvalue weighted by molar-refractivity contribution is -0.116. The minimum absolute atomic E-state index is 0.0234. The first-order valence-electron chi connectivity index (χ1n) is 8.91. The fourth-order valence-electron chi connectivity index (χ4n) is 2.74. The highest BCUT2D eigenvalue weighted by Crippen LogP contribution is 2.25. The fourth-order valence-corrected chi connectivity index (χ4v) is 4.45. The number of nitrogens with zero attached hydrogens (tertiary/aromatic N) is 1. The summed E-state index contributed by atoms with van der Waals surface area (Å²) in [4.78, 5) is 12.4. The number of hydrogen-bond acceptors (Lipinski definition) is 3. The van der Waals surface area contributed by atoms with Crippen LogP contribution in [-0.2, 0) is 21.4 Å². The van der Waals surface area contributed by atoms with E-state index < -0.39 is 40.7 Å². The zero-order valence-electron chi connectivity index (χ0n) is 15.9. The predicted molar refractivity (Wildman–Crippen MR) is 115 cm³/mol. The average molecular weight is 485 g/mol. The van der Waals surface area contributed by atoms with E-state index in [2.05, 4.69) is 5.32 Å². The molecule has 10 heteroatoms. The Morgan fingerprint density at radius 3 is 2.19 bits per heavy atom. The number of nitrogens with one attached hydrogen (secondary N) is 1. The van der Waals surface area contributed by atoms with E-state index in [0.717, 1.165) is 22.5 Å². The van der Waals surface area contributed by atoms with Crippen molar-refractivity contribution in [2.24, 2.45) is 0 Å². The van der Waals surface area contributed by atoms with Gasteiger partial charge in [-0.25, -0.2) is 17.2 Å². The number of rotatable bonds is 7. The molecule has 3 aromatic rings. The van der Waals surface area contributed by atoms with Crippen molar-refractivity contribution in [3.63, 3.8) is 0 Å². The van der Waals surface area contributed by atoms with Crippen LogP contribution in [0.1, 0.15) is 5.56 Å². The van der Waals surface area contributed by atoms with Crippen LogP contribution in [0.25, 0.3) is 0 Å². The van der Waals surface area contributed by atoms with Crippen LogP contribution in [0, 0.1) is 11.6 Å². The standard InChI is InChI=1S/C21H16Cl2F2N2O3S/c22-14-4-10-17(11-5-14)31(29,30)27(12-18-19(23)2-1-3-20(18)25)13-21(28)26-16-8-6-15(24)7-9-16/h1-11H,12-13H2,(H,26,28). The molecule has 3 aromatic carbocycles. The summed E-state index contributed by atoms with van der Waals surface area (Å²) in [6, 6.07) is 14.3. The smallest absolute Gasteiger partial charge is 0.243 e. The molecule has 0 unspecified atom stereocenters. The van der Waals surface area contributed by atoms with E-state index in [9.17, 15) is 22.0 Å². The van der Waals surface area contributed by atoms with Gasteiger partial charge in [0.2, 0.25) is 15.9 Å². The third-order valence-corrected chi connectivity index (χ3v) is 6.71. The molecule has 0 aliphatic carbocycles. The normalized spacial score (nSPS) is 11.5. The van der Waals surface area contributed by atoms with Crippen LogP contribution in [0.2, 0.25) is 10.0 Å². The number of benzene rings is 3. The first kappa shape index (κ1) is 23.1. The molecule has 1 amide bonds. The Morgan fingerprint density at radius 2 is 1.58 bits per heavy atom. The second-order valence-corrected chi connectivity index (χ2v) is 9.26. The maximum atomic E-state index is 14.3. The van der Waals surface area contributed by atoms with Gasteiger partial charge in [0.15, 0.2) is 0 Å². The lowest BCUT2D eigenvalue weighted by Gasteiger charge is -2.23. The SMILES string of the molecule is O=C(CN(Cc1c(F)cccc1Cl)S(=O)(=O)c1ccc(Cl)cc1)Nc1ccc(F)cc1. The molecule has 162 valence electrons. The summed E-state index contributed by atoms with van der Waals surface area (Å²) >= 11 is 11.9.